The number of nitrogens with zero attached hydrogens (tertiary/aromatic N) is 2. The minimum absolute atomic E-state index is 0.680. The number of aryl methyl sites for hydroxylation is 1. The normalized spacial score (nSPS) is 16.2. The van der Waals surface area contributed by atoms with Gasteiger partial charge in [-0.2, -0.15) is 5.10 Å². The van der Waals surface area contributed by atoms with Crippen LogP contribution >= 0.6 is 11.3 Å². The lowest BCUT2D eigenvalue weighted by molar-refractivity contribution is -0.131. The Morgan fingerprint density at radius 1 is 1.39 bits per heavy atom. The van der Waals surface area contributed by atoms with Gasteiger partial charge < -0.3 is 5.11 Å². The molecule has 1 saturated carbocycles. The molecule has 0 aromatic carbocycles. The molecule has 2 aromatic rings. The van der Waals surface area contributed by atoms with Gasteiger partial charge in [0.15, 0.2) is 0 Å². The Hall–Kier alpha value is -1.88. The van der Waals surface area contributed by atoms with Crippen molar-refractivity contribution in [1.82, 2.24) is 9.78 Å². The third-order valence-electron chi connectivity index (χ3n) is 4.33. The van der Waals surface area contributed by atoms with E-state index in [-0.39, 0.29) is 0 Å². The molecule has 0 radical (unpaired) electrons. The second-order valence-corrected chi connectivity index (χ2v) is 7.21. The van der Waals surface area contributed by atoms with Crippen LogP contribution in [0.3, 0.4) is 0 Å². The highest BCUT2D eigenvalue weighted by molar-refractivity contribution is 7.13. The predicted octanol–water partition coefficient (Wildman–Crippen LogP) is 4.60. The maximum Gasteiger partial charge on any atom is 0.328 e. The van der Waals surface area contributed by atoms with Crippen LogP contribution in [0.5, 0.6) is 0 Å². The molecular weight excluding hydrogens is 308 g/mol. The van der Waals surface area contributed by atoms with Crippen molar-refractivity contribution in [2.24, 2.45) is 5.92 Å². The molecular formula is C18H22N2O2S. The van der Waals surface area contributed by atoms with E-state index in [9.17, 15) is 4.79 Å². The Bertz CT molecular complexity index is 708. The first-order chi connectivity index (χ1) is 11.1. The van der Waals surface area contributed by atoms with Crippen LogP contribution in [0.1, 0.15) is 43.4 Å². The molecule has 1 N–H and O–H groups in total. The first-order valence-corrected chi connectivity index (χ1v) is 9.04. The topological polar surface area (TPSA) is 55.1 Å². The molecule has 0 atom stereocenters. The molecule has 0 amide bonds. The molecule has 1 fully saturated rings. The standard InChI is InChI=1S/C18H22N2O2S/c1-13-9-17(23-12-13)16-10-15(7-8-18(21)22)19-20(16)11-14-5-3-2-4-6-14/h7-10,12,14H,2-6,11H2,1H3,(H,21,22). The summed E-state index contributed by atoms with van der Waals surface area (Å²) in [6.07, 6.45) is 9.22. The van der Waals surface area contributed by atoms with E-state index in [1.54, 1.807) is 17.4 Å². The molecule has 1 aliphatic rings. The van der Waals surface area contributed by atoms with Crippen molar-refractivity contribution in [3.8, 4) is 10.6 Å². The van der Waals surface area contributed by atoms with Gasteiger partial charge in [0.2, 0.25) is 0 Å². The number of hydrogen-bond acceptors (Lipinski definition) is 3. The van der Waals surface area contributed by atoms with Gasteiger partial charge in [0.1, 0.15) is 0 Å². The summed E-state index contributed by atoms with van der Waals surface area (Å²) in [5, 5.41) is 15.6. The first kappa shape index (κ1) is 16.0. The number of rotatable bonds is 5. The van der Waals surface area contributed by atoms with Gasteiger partial charge in [-0.3, -0.25) is 4.68 Å². The monoisotopic (exact) mass is 330 g/mol. The molecule has 122 valence electrons. The van der Waals surface area contributed by atoms with Gasteiger partial charge in [-0.25, -0.2) is 4.79 Å². The summed E-state index contributed by atoms with van der Waals surface area (Å²) in [6, 6.07) is 4.16. The first-order valence-electron chi connectivity index (χ1n) is 8.16. The average Bonchev–Trinajstić information content (AvgIpc) is 3.12. The van der Waals surface area contributed by atoms with Crippen molar-refractivity contribution in [2.75, 3.05) is 0 Å². The molecule has 1 aliphatic carbocycles. The van der Waals surface area contributed by atoms with Gasteiger partial charge >= 0.3 is 5.97 Å². The lowest BCUT2D eigenvalue weighted by Gasteiger charge is -2.22. The molecule has 0 saturated heterocycles. The highest BCUT2D eigenvalue weighted by atomic mass is 32.1. The summed E-state index contributed by atoms with van der Waals surface area (Å²) < 4.78 is 2.07. The molecule has 0 aliphatic heterocycles. The summed E-state index contributed by atoms with van der Waals surface area (Å²) >= 11 is 1.72. The molecule has 4 nitrogen and oxygen atoms in total. The zero-order valence-electron chi connectivity index (χ0n) is 13.4. The highest BCUT2D eigenvalue weighted by Gasteiger charge is 2.18. The smallest absolute Gasteiger partial charge is 0.328 e. The van der Waals surface area contributed by atoms with Gasteiger partial charge in [0.05, 0.1) is 16.3 Å². The number of carboxylic acids is 1. The molecule has 0 bridgehead atoms. The number of carbonyl (C=O) groups is 1. The van der Waals surface area contributed by atoms with Crippen molar-refractivity contribution in [2.45, 2.75) is 45.6 Å². The maximum atomic E-state index is 10.7. The largest absolute Gasteiger partial charge is 0.478 e. The van der Waals surface area contributed by atoms with Crippen molar-refractivity contribution in [1.29, 1.82) is 0 Å². The van der Waals surface area contributed by atoms with Gasteiger partial charge in [-0.1, -0.05) is 19.3 Å². The highest BCUT2D eigenvalue weighted by Crippen LogP contribution is 2.31. The van der Waals surface area contributed by atoms with Crippen LogP contribution < -0.4 is 0 Å². The molecule has 0 spiro atoms. The van der Waals surface area contributed by atoms with Crippen molar-refractivity contribution in [3.63, 3.8) is 0 Å². The maximum absolute atomic E-state index is 10.7. The van der Waals surface area contributed by atoms with Gasteiger partial charge in [-0.15, -0.1) is 11.3 Å². The van der Waals surface area contributed by atoms with E-state index in [0.29, 0.717) is 11.6 Å². The van der Waals surface area contributed by atoms with E-state index in [1.165, 1.54) is 42.5 Å². The lowest BCUT2D eigenvalue weighted by Crippen LogP contribution is -2.15. The minimum Gasteiger partial charge on any atom is -0.478 e. The van der Waals surface area contributed by atoms with E-state index >= 15 is 0 Å². The summed E-state index contributed by atoms with van der Waals surface area (Å²) in [5.41, 5.74) is 3.06. The fourth-order valence-electron chi connectivity index (χ4n) is 3.19. The third-order valence-corrected chi connectivity index (χ3v) is 5.40. The van der Waals surface area contributed by atoms with Gasteiger partial charge in [0, 0.05) is 12.6 Å². The van der Waals surface area contributed by atoms with Gasteiger partial charge in [-0.05, 0) is 54.8 Å². The average molecular weight is 330 g/mol. The van der Waals surface area contributed by atoms with Crippen molar-refractivity contribution in [3.05, 3.63) is 34.8 Å². The van der Waals surface area contributed by atoms with Crippen LogP contribution in [-0.4, -0.2) is 20.9 Å². The zero-order valence-corrected chi connectivity index (χ0v) is 14.2. The predicted molar refractivity (Wildman–Crippen MR) is 93.5 cm³/mol. The lowest BCUT2D eigenvalue weighted by atomic mass is 9.89. The molecule has 5 heteroatoms. The Balaban J connectivity index is 1.89. The van der Waals surface area contributed by atoms with Crippen LogP contribution in [0.2, 0.25) is 0 Å². The Labute approximate surface area is 140 Å². The van der Waals surface area contributed by atoms with E-state index in [0.717, 1.165) is 18.3 Å². The van der Waals surface area contributed by atoms with Crippen LogP contribution in [0.25, 0.3) is 16.6 Å². The number of aromatic nitrogens is 2. The Morgan fingerprint density at radius 2 is 2.17 bits per heavy atom. The second kappa shape index (κ2) is 7.13. The van der Waals surface area contributed by atoms with E-state index in [4.69, 9.17) is 5.11 Å². The summed E-state index contributed by atoms with van der Waals surface area (Å²) in [7, 11) is 0. The fourth-order valence-corrected chi connectivity index (χ4v) is 4.11. The SMILES string of the molecule is Cc1csc(-c2cc(C=CC(=O)O)nn2CC2CCCCC2)c1. The number of aliphatic carboxylic acids is 1. The van der Waals surface area contributed by atoms with Crippen molar-refractivity contribution >= 4 is 23.4 Å². The Kier molecular flexibility index (Phi) is 4.96. The zero-order chi connectivity index (χ0) is 16.2. The summed E-state index contributed by atoms with van der Waals surface area (Å²) in [6.45, 7) is 3.01. The Morgan fingerprint density at radius 3 is 2.83 bits per heavy atom. The van der Waals surface area contributed by atoms with Crippen LogP contribution in [0, 0.1) is 12.8 Å². The van der Waals surface area contributed by atoms with Gasteiger partial charge in [0.25, 0.3) is 0 Å². The second-order valence-electron chi connectivity index (χ2n) is 6.30. The number of carboxylic acid groups (broad SMARTS) is 1. The van der Waals surface area contributed by atoms with E-state index in [2.05, 4.69) is 28.2 Å². The molecule has 3 rings (SSSR count). The fraction of sp³-hybridized carbons (Fsp3) is 0.444. The number of hydrogen-bond donors (Lipinski definition) is 1. The molecule has 0 unspecified atom stereocenters. The molecule has 23 heavy (non-hydrogen) atoms. The molecule has 2 heterocycles. The summed E-state index contributed by atoms with van der Waals surface area (Å²) in [4.78, 5) is 11.9. The minimum atomic E-state index is -0.944. The van der Waals surface area contributed by atoms with Crippen LogP contribution in [-0.2, 0) is 11.3 Å². The third kappa shape index (κ3) is 4.10. The number of thiophene rings is 1. The van der Waals surface area contributed by atoms with Crippen LogP contribution in [0.15, 0.2) is 23.6 Å². The van der Waals surface area contributed by atoms with E-state index in [1.807, 2.05) is 6.07 Å². The summed E-state index contributed by atoms with van der Waals surface area (Å²) in [5.74, 6) is -0.264. The van der Waals surface area contributed by atoms with Crippen LogP contribution in [0.4, 0.5) is 0 Å². The van der Waals surface area contributed by atoms with E-state index < -0.39 is 5.97 Å². The van der Waals surface area contributed by atoms with Crippen molar-refractivity contribution < 1.29 is 9.90 Å². The molecule has 2 aromatic heterocycles. The quantitative estimate of drug-likeness (QED) is 0.815.